The highest BCUT2D eigenvalue weighted by atomic mass is 35.5. The molecule has 0 saturated heterocycles. The largest absolute Gasteiger partial charge is 0.300 e. The molecule has 0 radical (unpaired) electrons. The van der Waals surface area contributed by atoms with Crippen LogP contribution in [-0.4, -0.2) is 26.1 Å². The van der Waals surface area contributed by atoms with Crippen molar-refractivity contribution in [1.29, 1.82) is 0 Å². The average molecular weight is 398 g/mol. The zero-order chi connectivity index (χ0) is 19.1. The quantitative estimate of drug-likeness (QED) is 0.789. The Morgan fingerprint density at radius 1 is 1.19 bits per heavy atom. The Kier molecular flexibility index (Phi) is 4.86. The van der Waals surface area contributed by atoms with Crippen LogP contribution in [0.2, 0.25) is 5.02 Å². The third-order valence-electron chi connectivity index (χ3n) is 4.07. The number of amides is 1. The molecule has 0 aliphatic carbocycles. The minimum atomic E-state index is -3.50. The fourth-order valence-electron chi connectivity index (χ4n) is 2.73. The Bertz CT molecular complexity index is 1000. The maximum Gasteiger partial charge on any atom is 0.264 e. The summed E-state index contributed by atoms with van der Waals surface area (Å²) in [5, 5.41) is 1.34. The smallest absolute Gasteiger partial charge is 0.264 e. The van der Waals surface area contributed by atoms with Gasteiger partial charge in [0.25, 0.3) is 5.91 Å². The summed E-state index contributed by atoms with van der Waals surface area (Å²) in [6.07, 6.45) is 1.32. The second-order valence-electron chi connectivity index (χ2n) is 5.93. The summed E-state index contributed by atoms with van der Waals surface area (Å²) in [5.74, 6) is -3.40. The zero-order valence-electron chi connectivity index (χ0n) is 13.6. The normalized spacial score (nSPS) is 18.1. The molecule has 0 saturated carbocycles. The first-order valence-electron chi connectivity index (χ1n) is 7.64. The minimum Gasteiger partial charge on any atom is -0.300 e. The van der Waals surface area contributed by atoms with Gasteiger partial charge in [-0.15, -0.1) is 0 Å². The van der Waals surface area contributed by atoms with Crippen molar-refractivity contribution in [3.8, 4) is 0 Å². The van der Waals surface area contributed by atoms with Crippen molar-refractivity contribution in [3.63, 3.8) is 0 Å². The van der Waals surface area contributed by atoms with E-state index in [9.17, 15) is 22.0 Å². The standard InChI is InChI=1S/C18H14ClF2NO3S/c1-11-5-6-12(9-14(11)19)22(13-7-8-26(24,25)10-13)18(23)17-15(20)3-2-4-16(17)21/h2-9,13H,10H2,1H3/t13-/m1/s1. The maximum atomic E-state index is 14.1. The Labute approximate surface area is 154 Å². The lowest BCUT2D eigenvalue weighted by Gasteiger charge is -2.28. The molecule has 136 valence electrons. The summed E-state index contributed by atoms with van der Waals surface area (Å²) in [6, 6.07) is 6.85. The van der Waals surface area contributed by atoms with E-state index in [0.29, 0.717) is 5.02 Å². The van der Waals surface area contributed by atoms with Gasteiger partial charge in [-0.3, -0.25) is 4.79 Å². The summed E-state index contributed by atoms with van der Waals surface area (Å²) in [7, 11) is -3.50. The van der Waals surface area contributed by atoms with Crippen LogP contribution < -0.4 is 4.90 Å². The molecule has 1 heterocycles. The predicted molar refractivity (Wildman–Crippen MR) is 96.1 cm³/mol. The summed E-state index contributed by atoms with van der Waals surface area (Å²) in [5.41, 5.74) is 0.247. The van der Waals surface area contributed by atoms with Gasteiger partial charge in [-0.1, -0.05) is 23.7 Å². The molecule has 1 amide bonds. The molecule has 3 rings (SSSR count). The number of nitrogens with zero attached hydrogens (tertiary/aromatic N) is 1. The number of aryl methyl sites for hydroxylation is 1. The van der Waals surface area contributed by atoms with Crippen molar-refractivity contribution in [2.75, 3.05) is 10.7 Å². The summed E-state index contributed by atoms with van der Waals surface area (Å²) >= 11 is 6.11. The average Bonchev–Trinajstić information content (AvgIpc) is 2.90. The number of halogens is 3. The first-order valence-corrected chi connectivity index (χ1v) is 9.73. The molecule has 0 fully saturated rings. The van der Waals surface area contributed by atoms with Crippen molar-refractivity contribution in [2.24, 2.45) is 0 Å². The lowest BCUT2D eigenvalue weighted by Crippen LogP contribution is -2.42. The van der Waals surface area contributed by atoms with E-state index in [2.05, 4.69) is 0 Å². The zero-order valence-corrected chi connectivity index (χ0v) is 15.2. The van der Waals surface area contributed by atoms with Gasteiger partial charge >= 0.3 is 0 Å². The number of benzene rings is 2. The molecule has 8 heteroatoms. The third kappa shape index (κ3) is 3.50. The van der Waals surface area contributed by atoms with Gasteiger partial charge in [0.1, 0.15) is 17.2 Å². The summed E-state index contributed by atoms with van der Waals surface area (Å²) in [4.78, 5) is 14.0. The van der Waals surface area contributed by atoms with Crippen molar-refractivity contribution in [1.82, 2.24) is 0 Å². The van der Waals surface area contributed by atoms with E-state index < -0.39 is 39.0 Å². The van der Waals surface area contributed by atoms with Gasteiger partial charge in [0.15, 0.2) is 9.84 Å². The molecule has 0 unspecified atom stereocenters. The summed E-state index contributed by atoms with van der Waals surface area (Å²) < 4.78 is 51.8. The second-order valence-corrected chi connectivity index (χ2v) is 8.27. The number of sulfone groups is 1. The highest BCUT2D eigenvalue weighted by Gasteiger charge is 2.34. The van der Waals surface area contributed by atoms with Gasteiger partial charge in [-0.05, 0) is 42.8 Å². The van der Waals surface area contributed by atoms with Crippen LogP contribution >= 0.6 is 11.6 Å². The Morgan fingerprint density at radius 3 is 2.38 bits per heavy atom. The minimum absolute atomic E-state index is 0.250. The van der Waals surface area contributed by atoms with E-state index in [1.807, 2.05) is 0 Å². The fraction of sp³-hybridized carbons (Fsp3) is 0.167. The SMILES string of the molecule is Cc1ccc(N(C(=O)c2c(F)cccc2F)[C@@H]2C=CS(=O)(=O)C2)cc1Cl. The molecule has 1 atom stereocenters. The van der Waals surface area contributed by atoms with E-state index in [1.54, 1.807) is 19.1 Å². The van der Waals surface area contributed by atoms with Gasteiger partial charge < -0.3 is 4.90 Å². The van der Waals surface area contributed by atoms with Crippen molar-refractivity contribution >= 4 is 33.0 Å². The van der Waals surface area contributed by atoms with Gasteiger partial charge in [-0.25, -0.2) is 17.2 Å². The van der Waals surface area contributed by atoms with Crippen LogP contribution in [0.25, 0.3) is 0 Å². The number of hydrogen-bond acceptors (Lipinski definition) is 3. The van der Waals surface area contributed by atoms with Crippen LogP contribution in [0.5, 0.6) is 0 Å². The van der Waals surface area contributed by atoms with Gasteiger partial charge in [0.2, 0.25) is 0 Å². The monoisotopic (exact) mass is 397 g/mol. The molecule has 2 aromatic carbocycles. The van der Waals surface area contributed by atoms with Gasteiger partial charge in [0, 0.05) is 16.1 Å². The van der Waals surface area contributed by atoms with Crippen molar-refractivity contribution in [2.45, 2.75) is 13.0 Å². The fourth-order valence-corrected chi connectivity index (χ4v) is 4.18. The molecule has 0 bridgehead atoms. The van der Waals surface area contributed by atoms with Gasteiger partial charge in [0.05, 0.1) is 11.8 Å². The van der Waals surface area contributed by atoms with Crippen molar-refractivity contribution in [3.05, 3.63) is 75.7 Å². The third-order valence-corrected chi connectivity index (χ3v) is 5.86. The van der Waals surface area contributed by atoms with E-state index >= 15 is 0 Å². The van der Waals surface area contributed by atoms with E-state index in [0.717, 1.165) is 34.1 Å². The van der Waals surface area contributed by atoms with E-state index in [4.69, 9.17) is 11.6 Å². The van der Waals surface area contributed by atoms with Crippen LogP contribution in [0.1, 0.15) is 15.9 Å². The van der Waals surface area contributed by atoms with Crippen LogP contribution in [-0.2, 0) is 9.84 Å². The molecular formula is C18H14ClF2NO3S. The van der Waals surface area contributed by atoms with Crippen LogP contribution in [0.4, 0.5) is 14.5 Å². The molecule has 26 heavy (non-hydrogen) atoms. The van der Waals surface area contributed by atoms with Crippen molar-refractivity contribution < 1.29 is 22.0 Å². The Hall–Kier alpha value is -2.25. The lowest BCUT2D eigenvalue weighted by molar-refractivity contribution is 0.0975. The van der Waals surface area contributed by atoms with Crippen LogP contribution in [0.15, 0.2) is 47.9 Å². The molecule has 2 aromatic rings. The summed E-state index contributed by atoms with van der Waals surface area (Å²) in [6.45, 7) is 1.76. The molecule has 1 aliphatic heterocycles. The van der Waals surface area contributed by atoms with E-state index in [-0.39, 0.29) is 11.4 Å². The molecular weight excluding hydrogens is 384 g/mol. The van der Waals surface area contributed by atoms with Gasteiger partial charge in [-0.2, -0.15) is 0 Å². The maximum absolute atomic E-state index is 14.1. The first kappa shape index (κ1) is 18.5. The number of hydrogen-bond donors (Lipinski definition) is 0. The highest BCUT2D eigenvalue weighted by Crippen LogP contribution is 2.29. The lowest BCUT2D eigenvalue weighted by atomic mass is 10.1. The molecule has 0 aromatic heterocycles. The Morgan fingerprint density at radius 2 is 1.85 bits per heavy atom. The highest BCUT2D eigenvalue weighted by molar-refractivity contribution is 7.94. The molecule has 4 nitrogen and oxygen atoms in total. The second kappa shape index (κ2) is 6.81. The first-order chi connectivity index (χ1) is 12.2. The number of rotatable bonds is 3. The van der Waals surface area contributed by atoms with Crippen LogP contribution in [0, 0.1) is 18.6 Å². The molecule has 1 aliphatic rings. The topological polar surface area (TPSA) is 54.5 Å². The number of carbonyl (C=O) groups excluding carboxylic acids is 1. The number of anilines is 1. The van der Waals surface area contributed by atoms with E-state index in [1.165, 1.54) is 12.1 Å². The molecule has 0 N–H and O–H groups in total. The predicted octanol–water partition coefficient (Wildman–Crippen LogP) is 3.88. The number of carbonyl (C=O) groups is 1. The van der Waals surface area contributed by atoms with Crippen LogP contribution in [0.3, 0.4) is 0 Å². The molecule has 0 spiro atoms. The Balaban J connectivity index is 2.13.